The van der Waals surface area contributed by atoms with Gasteiger partial charge in [-0.05, 0) is 49.1 Å². The highest BCUT2D eigenvalue weighted by molar-refractivity contribution is 5.89. The molecular weight excluding hydrogens is 333 g/mol. The first-order valence-electron chi connectivity index (χ1n) is 8.46. The third-order valence-corrected chi connectivity index (χ3v) is 3.72. The van der Waals surface area contributed by atoms with Crippen molar-refractivity contribution in [3.63, 3.8) is 0 Å². The Kier molecular flexibility index (Phi) is 7.55. The van der Waals surface area contributed by atoms with Crippen LogP contribution in [0.1, 0.15) is 24.5 Å². The molecule has 0 radical (unpaired) electrons. The monoisotopic (exact) mass is 355 g/mol. The topological polar surface area (TPSA) is 55.4 Å². The molecule has 5 heteroatoms. The van der Waals surface area contributed by atoms with Gasteiger partial charge in [-0.15, -0.1) is 0 Å². The van der Waals surface area contributed by atoms with E-state index in [1.54, 1.807) is 12.1 Å². The van der Waals surface area contributed by atoms with Crippen molar-refractivity contribution in [3.8, 4) is 0 Å². The predicted octanol–water partition coefficient (Wildman–Crippen LogP) is 3.52. The summed E-state index contributed by atoms with van der Waals surface area (Å²) in [6, 6.07) is 15.8. The third kappa shape index (κ3) is 7.30. The number of carbonyl (C=O) groups excluding carboxylic acids is 2. The number of hydrogen-bond donors (Lipinski definition) is 1. The van der Waals surface area contributed by atoms with Gasteiger partial charge in [-0.25, -0.2) is 9.18 Å². The maximum absolute atomic E-state index is 13.0. The van der Waals surface area contributed by atoms with Gasteiger partial charge in [0.25, 0.3) is 5.91 Å². The third-order valence-electron chi connectivity index (χ3n) is 3.72. The number of amides is 1. The number of esters is 1. The number of nitrogens with one attached hydrogen (secondary N) is 1. The maximum Gasteiger partial charge on any atom is 0.331 e. The molecule has 0 aliphatic carbocycles. The van der Waals surface area contributed by atoms with E-state index >= 15 is 0 Å². The molecule has 0 spiro atoms. The Morgan fingerprint density at radius 3 is 2.65 bits per heavy atom. The average Bonchev–Trinajstić information content (AvgIpc) is 2.64. The van der Waals surface area contributed by atoms with E-state index in [1.807, 2.05) is 37.3 Å². The van der Waals surface area contributed by atoms with Crippen molar-refractivity contribution in [3.05, 3.63) is 77.6 Å². The van der Waals surface area contributed by atoms with Crippen LogP contribution < -0.4 is 5.32 Å². The lowest BCUT2D eigenvalue weighted by Crippen LogP contribution is -2.36. The quantitative estimate of drug-likeness (QED) is 0.582. The molecule has 1 amide bonds. The standard InChI is InChI=1S/C21H22FNO3/c1-16(10-11-17-6-3-2-4-7-17)23-20(24)15-26-21(25)13-12-18-8-5-9-19(22)14-18/h2-9,12-14,16H,10-11,15H2,1H3,(H,23,24)/b13-12+/t16-/m0/s1. The van der Waals surface area contributed by atoms with E-state index in [2.05, 4.69) is 5.32 Å². The van der Waals surface area contributed by atoms with Crippen molar-refractivity contribution in [2.75, 3.05) is 6.61 Å². The second-order valence-corrected chi connectivity index (χ2v) is 5.99. The van der Waals surface area contributed by atoms with Crippen LogP contribution in [-0.2, 0) is 20.7 Å². The van der Waals surface area contributed by atoms with Gasteiger partial charge in [0.15, 0.2) is 6.61 Å². The van der Waals surface area contributed by atoms with Gasteiger partial charge in [-0.2, -0.15) is 0 Å². The van der Waals surface area contributed by atoms with Crippen LogP contribution in [0, 0.1) is 5.82 Å². The highest BCUT2D eigenvalue weighted by atomic mass is 19.1. The van der Waals surface area contributed by atoms with E-state index in [-0.39, 0.29) is 24.4 Å². The molecule has 0 heterocycles. The molecule has 2 aromatic carbocycles. The first kappa shape index (κ1) is 19.4. The van der Waals surface area contributed by atoms with Crippen LogP contribution >= 0.6 is 0 Å². The van der Waals surface area contributed by atoms with E-state index in [9.17, 15) is 14.0 Å². The molecule has 1 atom stereocenters. The zero-order chi connectivity index (χ0) is 18.8. The Morgan fingerprint density at radius 2 is 1.92 bits per heavy atom. The van der Waals surface area contributed by atoms with E-state index < -0.39 is 5.97 Å². The number of hydrogen-bond acceptors (Lipinski definition) is 3. The van der Waals surface area contributed by atoms with Crippen LogP contribution in [-0.4, -0.2) is 24.5 Å². The summed E-state index contributed by atoms with van der Waals surface area (Å²) >= 11 is 0. The zero-order valence-corrected chi connectivity index (χ0v) is 14.7. The lowest BCUT2D eigenvalue weighted by atomic mass is 10.1. The number of halogens is 1. The average molecular weight is 355 g/mol. The Bertz CT molecular complexity index is 759. The number of ether oxygens (including phenoxy) is 1. The molecule has 0 aromatic heterocycles. The molecule has 0 saturated heterocycles. The second-order valence-electron chi connectivity index (χ2n) is 5.99. The summed E-state index contributed by atoms with van der Waals surface area (Å²) in [4.78, 5) is 23.4. The van der Waals surface area contributed by atoms with Gasteiger partial charge in [-0.1, -0.05) is 42.5 Å². The summed E-state index contributed by atoms with van der Waals surface area (Å²) in [5.41, 5.74) is 1.75. The van der Waals surface area contributed by atoms with E-state index in [1.165, 1.54) is 29.8 Å². The fourth-order valence-corrected chi connectivity index (χ4v) is 2.38. The highest BCUT2D eigenvalue weighted by Crippen LogP contribution is 2.06. The van der Waals surface area contributed by atoms with Gasteiger partial charge in [0.2, 0.25) is 0 Å². The number of carbonyl (C=O) groups is 2. The van der Waals surface area contributed by atoms with Crippen LogP contribution in [0.2, 0.25) is 0 Å². The van der Waals surface area contributed by atoms with Crippen molar-refractivity contribution in [1.82, 2.24) is 5.32 Å². The van der Waals surface area contributed by atoms with Crippen molar-refractivity contribution >= 4 is 18.0 Å². The molecule has 0 aliphatic heterocycles. The van der Waals surface area contributed by atoms with Gasteiger partial charge in [0, 0.05) is 12.1 Å². The van der Waals surface area contributed by atoms with Crippen LogP contribution in [0.3, 0.4) is 0 Å². The van der Waals surface area contributed by atoms with Gasteiger partial charge < -0.3 is 10.1 Å². The molecule has 0 saturated carbocycles. The summed E-state index contributed by atoms with van der Waals surface area (Å²) in [6.45, 7) is 1.56. The van der Waals surface area contributed by atoms with Crippen molar-refractivity contribution in [2.45, 2.75) is 25.8 Å². The molecule has 2 rings (SSSR count). The predicted molar refractivity (Wildman–Crippen MR) is 98.8 cm³/mol. The largest absolute Gasteiger partial charge is 0.452 e. The van der Waals surface area contributed by atoms with Gasteiger partial charge >= 0.3 is 5.97 Å². The molecule has 0 unspecified atom stereocenters. The second kappa shape index (κ2) is 10.1. The minimum Gasteiger partial charge on any atom is -0.452 e. The summed E-state index contributed by atoms with van der Waals surface area (Å²) < 4.78 is 17.9. The van der Waals surface area contributed by atoms with Gasteiger partial charge in [0.05, 0.1) is 0 Å². The highest BCUT2D eigenvalue weighted by Gasteiger charge is 2.09. The lowest BCUT2D eigenvalue weighted by molar-refractivity contribution is -0.144. The Balaban J connectivity index is 1.68. The molecule has 0 aliphatic rings. The Morgan fingerprint density at radius 1 is 1.15 bits per heavy atom. The van der Waals surface area contributed by atoms with Crippen LogP contribution in [0.25, 0.3) is 6.08 Å². The lowest BCUT2D eigenvalue weighted by Gasteiger charge is -2.13. The molecule has 26 heavy (non-hydrogen) atoms. The van der Waals surface area contributed by atoms with E-state index in [4.69, 9.17) is 4.74 Å². The molecule has 0 bridgehead atoms. The van der Waals surface area contributed by atoms with Crippen LogP contribution in [0.4, 0.5) is 4.39 Å². The van der Waals surface area contributed by atoms with E-state index in [0.29, 0.717) is 5.56 Å². The Hall–Kier alpha value is -2.95. The van der Waals surface area contributed by atoms with Crippen LogP contribution in [0.15, 0.2) is 60.7 Å². The minimum atomic E-state index is -0.652. The smallest absolute Gasteiger partial charge is 0.331 e. The summed E-state index contributed by atoms with van der Waals surface area (Å²) in [6.07, 6.45) is 4.26. The van der Waals surface area contributed by atoms with Crippen molar-refractivity contribution < 1.29 is 18.7 Å². The maximum atomic E-state index is 13.0. The number of benzene rings is 2. The molecule has 4 nitrogen and oxygen atoms in total. The molecular formula is C21H22FNO3. The van der Waals surface area contributed by atoms with Crippen molar-refractivity contribution in [2.24, 2.45) is 0 Å². The molecule has 1 N–H and O–H groups in total. The normalized spacial score (nSPS) is 11.9. The number of aryl methyl sites for hydroxylation is 1. The molecule has 2 aromatic rings. The van der Waals surface area contributed by atoms with Crippen LogP contribution in [0.5, 0.6) is 0 Å². The minimum absolute atomic E-state index is 0.0238. The SMILES string of the molecule is C[C@@H](CCc1ccccc1)NC(=O)COC(=O)/C=C/c1cccc(F)c1. The zero-order valence-electron chi connectivity index (χ0n) is 14.7. The molecule has 136 valence electrons. The van der Waals surface area contributed by atoms with Gasteiger partial charge in [0.1, 0.15) is 5.82 Å². The molecule has 0 fully saturated rings. The first-order valence-corrected chi connectivity index (χ1v) is 8.46. The Labute approximate surface area is 152 Å². The summed E-state index contributed by atoms with van der Waals surface area (Å²) in [7, 11) is 0. The summed E-state index contributed by atoms with van der Waals surface area (Å²) in [5, 5.41) is 2.80. The fourth-order valence-electron chi connectivity index (χ4n) is 2.38. The van der Waals surface area contributed by atoms with E-state index in [0.717, 1.165) is 12.8 Å². The number of rotatable bonds is 8. The fraction of sp³-hybridized carbons (Fsp3) is 0.238. The van der Waals surface area contributed by atoms with Gasteiger partial charge in [-0.3, -0.25) is 4.79 Å². The first-order chi connectivity index (χ1) is 12.5. The van der Waals surface area contributed by atoms with Crippen molar-refractivity contribution in [1.29, 1.82) is 0 Å². The summed E-state index contributed by atoms with van der Waals surface area (Å²) in [5.74, 6) is -1.39.